The summed E-state index contributed by atoms with van der Waals surface area (Å²) in [6.07, 6.45) is -1.95. The smallest absolute Gasteiger partial charge is 0.480 e. The number of rotatable bonds is 13. The third kappa shape index (κ3) is 10.2. The van der Waals surface area contributed by atoms with E-state index in [1.54, 1.807) is 51.1 Å². The fraction of sp³-hybridized carbons (Fsp3) is 0.407. The van der Waals surface area contributed by atoms with Gasteiger partial charge in [-0.2, -0.15) is 0 Å². The fourth-order valence-electron chi connectivity index (χ4n) is 3.47. The lowest BCUT2D eigenvalue weighted by atomic mass is 9.82. The van der Waals surface area contributed by atoms with Gasteiger partial charge in [0.2, 0.25) is 0 Å². The number of aliphatic carboxylic acids is 1. The molecule has 0 aliphatic rings. The molecule has 0 fully saturated rings. The van der Waals surface area contributed by atoms with Crippen LogP contribution in [-0.2, 0) is 19.0 Å². The first-order valence-corrected chi connectivity index (χ1v) is 12.4. The first-order chi connectivity index (χ1) is 18.7. The van der Waals surface area contributed by atoms with Crippen molar-refractivity contribution in [2.24, 2.45) is 11.7 Å². The van der Waals surface area contributed by atoms with Crippen molar-refractivity contribution in [2.75, 3.05) is 19.8 Å². The van der Waals surface area contributed by atoms with Gasteiger partial charge in [-0.1, -0.05) is 45.0 Å². The minimum atomic E-state index is -1.44. The molecule has 0 saturated carbocycles. The molecule has 0 amide bonds. The highest BCUT2D eigenvalue weighted by Crippen LogP contribution is 2.36. The SMILES string of the molecule is CCCOC(=O)Oc1ccc(C(C(C)COC(=O)Oc2ccccc2)[C@H](N)C(=O)O)cc1OC(=O)OCCC. The molecule has 0 spiro atoms. The Balaban J connectivity index is 2.29. The van der Waals surface area contributed by atoms with Crippen LogP contribution in [0, 0.1) is 5.92 Å². The number of hydrogen-bond acceptors (Lipinski definition) is 11. The quantitative estimate of drug-likeness (QED) is 0.198. The highest BCUT2D eigenvalue weighted by atomic mass is 16.7. The van der Waals surface area contributed by atoms with Gasteiger partial charge in [-0.3, -0.25) is 4.79 Å². The molecule has 0 saturated heterocycles. The van der Waals surface area contributed by atoms with Crippen LogP contribution >= 0.6 is 0 Å². The third-order valence-corrected chi connectivity index (χ3v) is 5.28. The number of carbonyl (C=O) groups is 4. The Morgan fingerprint density at radius 3 is 1.92 bits per heavy atom. The average molecular weight is 548 g/mol. The molecule has 2 unspecified atom stereocenters. The van der Waals surface area contributed by atoms with E-state index in [4.69, 9.17) is 34.2 Å². The average Bonchev–Trinajstić information content (AvgIpc) is 2.91. The van der Waals surface area contributed by atoms with Crippen molar-refractivity contribution in [2.45, 2.75) is 45.6 Å². The van der Waals surface area contributed by atoms with Crippen LogP contribution in [0.4, 0.5) is 14.4 Å². The van der Waals surface area contributed by atoms with Crippen molar-refractivity contribution >= 4 is 24.4 Å². The molecule has 2 aromatic carbocycles. The van der Waals surface area contributed by atoms with Gasteiger partial charge in [0.1, 0.15) is 11.8 Å². The predicted molar refractivity (Wildman–Crippen MR) is 137 cm³/mol. The molecule has 0 radical (unpaired) electrons. The van der Waals surface area contributed by atoms with Gasteiger partial charge in [-0.05, 0) is 48.6 Å². The van der Waals surface area contributed by atoms with Crippen LogP contribution in [0.15, 0.2) is 48.5 Å². The minimum absolute atomic E-state index is 0.0905. The summed E-state index contributed by atoms with van der Waals surface area (Å²) >= 11 is 0. The van der Waals surface area contributed by atoms with E-state index in [2.05, 4.69) is 0 Å². The Labute approximate surface area is 225 Å². The van der Waals surface area contributed by atoms with Gasteiger partial charge in [0, 0.05) is 5.92 Å². The molecule has 12 heteroatoms. The van der Waals surface area contributed by atoms with Crippen LogP contribution < -0.4 is 19.9 Å². The summed E-state index contributed by atoms with van der Waals surface area (Å²) in [6, 6.07) is 10.9. The Bertz CT molecular complexity index is 1110. The van der Waals surface area contributed by atoms with Gasteiger partial charge in [-0.25, -0.2) is 14.4 Å². The second-order valence-electron chi connectivity index (χ2n) is 8.45. The van der Waals surface area contributed by atoms with Crippen molar-refractivity contribution in [1.29, 1.82) is 0 Å². The number of carbonyl (C=O) groups excluding carboxylic acids is 3. The molecule has 3 atom stereocenters. The maximum Gasteiger partial charge on any atom is 0.513 e. The van der Waals surface area contributed by atoms with Gasteiger partial charge in [0.25, 0.3) is 0 Å². The third-order valence-electron chi connectivity index (χ3n) is 5.28. The van der Waals surface area contributed by atoms with Crippen molar-refractivity contribution < 1.29 is 52.7 Å². The largest absolute Gasteiger partial charge is 0.513 e. The lowest BCUT2D eigenvalue weighted by Crippen LogP contribution is -2.40. The standard InChI is InChI=1S/C27H33NO11/c1-4-13-34-25(31)38-20-12-11-18(15-21(20)39-26(32)35-14-5-2)22(23(28)24(29)30)17(3)16-36-27(33)37-19-9-7-6-8-10-19/h6-12,15,17,22-23H,4-5,13-14,16,28H2,1-3H3,(H,29,30)/t17?,22?,23-/m0/s1. The normalized spacial score (nSPS) is 12.8. The van der Waals surface area contributed by atoms with Crippen molar-refractivity contribution in [3.05, 3.63) is 54.1 Å². The van der Waals surface area contributed by atoms with E-state index in [-0.39, 0.29) is 37.1 Å². The van der Waals surface area contributed by atoms with E-state index in [1.165, 1.54) is 18.2 Å². The number of ether oxygens (including phenoxy) is 6. The topological polar surface area (TPSA) is 170 Å². The number of hydrogen-bond donors (Lipinski definition) is 2. The molecule has 2 rings (SSSR count). The highest BCUT2D eigenvalue weighted by Gasteiger charge is 2.33. The molecule has 0 aromatic heterocycles. The summed E-state index contributed by atoms with van der Waals surface area (Å²) in [5.74, 6) is -2.99. The van der Waals surface area contributed by atoms with Gasteiger partial charge in [0.15, 0.2) is 11.5 Å². The Morgan fingerprint density at radius 1 is 0.795 bits per heavy atom. The van der Waals surface area contributed by atoms with E-state index < -0.39 is 42.3 Å². The molecule has 212 valence electrons. The summed E-state index contributed by atoms with van der Waals surface area (Å²) in [5, 5.41) is 9.65. The molecule has 0 heterocycles. The van der Waals surface area contributed by atoms with Crippen LogP contribution in [-0.4, -0.2) is 55.4 Å². The van der Waals surface area contributed by atoms with Crippen LogP contribution in [0.1, 0.15) is 45.1 Å². The van der Waals surface area contributed by atoms with Crippen molar-refractivity contribution in [1.82, 2.24) is 0 Å². The Hall–Kier alpha value is -4.32. The molecule has 2 aromatic rings. The van der Waals surface area contributed by atoms with Crippen LogP contribution in [0.2, 0.25) is 0 Å². The molecular weight excluding hydrogens is 514 g/mol. The van der Waals surface area contributed by atoms with E-state index in [9.17, 15) is 24.3 Å². The monoisotopic (exact) mass is 547 g/mol. The van der Waals surface area contributed by atoms with Gasteiger partial charge >= 0.3 is 24.4 Å². The van der Waals surface area contributed by atoms with Crippen LogP contribution in [0.25, 0.3) is 0 Å². The van der Waals surface area contributed by atoms with Gasteiger partial charge in [-0.15, -0.1) is 0 Å². The zero-order valence-corrected chi connectivity index (χ0v) is 22.0. The van der Waals surface area contributed by atoms with Crippen molar-refractivity contribution in [3.63, 3.8) is 0 Å². The van der Waals surface area contributed by atoms with E-state index in [1.807, 2.05) is 0 Å². The Morgan fingerprint density at radius 2 is 1.36 bits per heavy atom. The summed E-state index contributed by atoms with van der Waals surface area (Å²) in [5.41, 5.74) is 6.32. The van der Waals surface area contributed by atoms with Crippen molar-refractivity contribution in [3.8, 4) is 17.2 Å². The predicted octanol–water partition coefficient (Wildman–Crippen LogP) is 4.88. The lowest BCUT2D eigenvalue weighted by Gasteiger charge is -2.27. The summed E-state index contributed by atoms with van der Waals surface area (Å²) < 4.78 is 30.5. The number of benzene rings is 2. The first-order valence-electron chi connectivity index (χ1n) is 12.4. The van der Waals surface area contributed by atoms with E-state index in [0.29, 0.717) is 18.4 Å². The molecule has 0 aliphatic carbocycles. The number of para-hydroxylation sites is 1. The first kappa shape index (κ1) is 30.9. The lowest BCUT2D eigenvalue weighted by molar-refractivity contribution is -0.139. The van der Waals surface area contributed by atoms with E-state index in [0.717, 1.165) is 0 Å². The number of nitrogens with two attached hydrogens (primary N) is 1. The maximum atomic E-state index is 12.2. The van der Waals surface area contributed by atoms with Crippen LogP contribution in [0.5, 0.6) is 17.2 Å². The minimum Gasteiger partial charge on any atom is -0.480 e. The van der Waals surface area contributed by atoms with Gasteiger partial charge in [0.05, 0.1) is 19.8 Å². The highest BCUT2D eigenvalue weighted by molar-refractivity contribution is 5.75. The molecule has 3 N–H and O–H groups in total. The Kier molecular flexibility index (Phi) is 12.5. The van der Waals surface area contributed by atoms with Gasteiger partial charge < -0.3 is 39.3 Å². The molecule has 0 bridgehead atoms. The summed E-state index contributed by atoms with van der Waals surface area (Å²) in [6.45, 7) is 5.19. The molecular formula is C27H33NO11. The fourth-order valence-corrected chi connectivity index (χ4v) is 3.47. The molecule has 0 aliphatic heterocycles. The maximum absolute atomic E-state index is 12.2. The summed E-state index contributed by atoms with van der Waals surface area (Å²) in [7, 11) is 0. The van der Waals surface area contributed by atoms with E-state index >= 15 is 0 Å². The summed E-state index contributed by atoms with van der Waals surface area (Å²) in [4.78, 5) is 48.2. The zero-order chi connectivity index (χ0) is 28.8. The number of carboxylic acid groups (broad SMARTS) is 1. The zero-order valence-electron chi connectivity index (χ0n) is 22.0. The number of carboxylic acids is 1. The molecule has 12 nitrogen and oxygen atoms in total. The van der Waals surface area contributed by atoms with Crippen LogP contribution in [0.3, 0.4) is 0 Å². The second kappa shape index (κ2) is 15.8. The second-order valence-corrected chi connectivity index (χ2v) is 8.45. The molecule has 39 heavy (non-hydrogen) atoms.